The number of hydrogen-bond donors (Lipinski definition) is 3. The maximum absolute atomic E-state index is 11.8. The molecule has 1 aliphatic rings. The second kappa shape index (κ2) is 5.03. The van der Waals surface area contributed by atoms with Crippen LogP contribution in [0.1, 0.15) is 19.3 Å². The van der Waals surface area contributed by atoms with E-state index in [1.807, 2.05) is 0 Å². The molecule has 0 spiro atoms. The van der Waals surface area contributed by atoms with Crippen LogP contribution in [-0.2, 0) is 9.59 Å². The second-order valence-corrected chi connectivity index (χ2v) is 4.21. The number of rotatable bonds is 4. The molecule has 0 unspecified atom stereocenters. The van der Waals surface area contributed by atoms with E-state index in [0.717, 1.165) is 0 Å². The molecule has 98 valence electrons. The highest BCUT2D eigenvalue weighted by Crippen LogP contribution is 2.31. The standard InChI is InChI=1S/C10H14N4O4/c1-18-10-12-9(13-14-10)11-7(15)5-2-3-6(4-5)8(16)17/h5-6H,2-4H2,1H3,(H,16,17)(H2,11,12,13,14,15)/t5-,6+/m1/s1. The average molecular weight is 254 g/mol. The van der Waals surface area contributed by atoms with Gasteiger partial charge in [0.15, 0.2) is 0 Å². The van der Waals surface area contributed by atoms with Gasteiger partial charge in [-0.15, -0.1) is 5.10 Å². The van der Waals surface area contributed by atoms with Crippen molar-refractivity contribution in [3.05, 3.63) is 0 Å². The van der Waals surface area contributed by atoms with Crippen LogP contribution in [0.15, 0.2) is 0 Å². The fourth-order valence-corrected chi connectivity index (χ4v) is 2.06. The Kier molecular flexibility index (Phi) is 3.45. The van der Waals surface area contributed by atoms with Gasteiger partial charge >= 0.3 is 12.0 Å². The second-order valence-electron chi connectivity index (χ2n) is 4.21. The van der Waals surface area contributed by atoms with E-state index in [9.17, 15) is 9.59 Å². The van der Waals surface area contributed by atoms with Crippen molar-refractivity contribution in [2.45, 2.75) is 19.3 Å². The molecule has 3 N–H and O–H groups in total. The van der Waals surface area contributed by atoms with Crippen LogP contribution in [0.2, 0.25) is 0 Å². The summed E-state index contributed by atoms with van der Waals surface area (Å²) in [5, 5.41) is 17.6. The van der Waals surface area contributed by atoms with Gasteiger partial charge in [-0.1, -0.05) is 0 Å². The molecule has 1 aromatic heterocycles. The number of nitrogens with zero attached hydrogens (tertiary/aromatic N) is 2. The largest absolute Gasteiger partial charge is 0.481 e. The van der Waals surface area contributed by atoms with Gasteiger partial charge in [-0.05, 0) is 19.3 Å². The topological polar surface area (TPSA) is 117 Å². The Morgan fingerprint density at radius 2 is 2.17 bits per heavy atom. The summed E-state index contributed by atoms with van der Waals surface area (Å²) in [4.78, 5) is 26.5. The van der Waals surface area contributed by atoms with Crippen molar-refractivity contribution in [1.29, 1.82) is 0 Å². The SMILES string of the molecule is COc1n[nH]c(NC(=O)[C@@H]2CC[C@H](C(=O)O)C2)n1. The summed E-state index contributed by atoms with van der Waals surface area (Å²) in [5.41, 5.74) is 0. The third kappa shape index (κ3) is 2.58. The number of aromatic amines is 1. The lowest BCUT2D eigenvalue weighted by Gasteiger charge is -2.08. The first kappa shape index (κ1) is 12.3. The predicted molar refractivity (Wildman–Crippen MR) is 60.0 cm³/mol. The van der Waals surface area contributed by atoms with Gasteiger partial charge in [-0.3, -0.25) is 14.9 Å². The van der Waals surface area contributed by atoms with Crippen molar-refractivity contribution in [1.82, 2.24) is 15.2 Å². The van der Waals surface area contributed by atoms with E-state index in [4.69, 9.17) is 9.84 Å². The smallest absolute Gasteiger partial charge is 0.336 e. The van der Waals surface area contributed by atoms with Crippen molar-refractivity contribution in [2.24, 2.45) is 11.8 Å². The summed E-state index contributed by atoms with van der Waals surface area (Å²) in [5.74, 6) is -1.59. The molecule has 1 amide bonds. The Morgan fingerprint density at radius 1 is 1.44 bits per heavy atom. The minimum atomic E-state index is -0.841. The highest BCUT2D eigenvalue weighted by Gasteiger charge is 2.34. The number of ether oxygens (including phenoxy) is 1. The lowest BCUT2D eigenvalue weighted by Crippen LogP contribution is -2.22. The van der Waals surface area contributed by atoms with Crippen LogP contribution in [0.4, 0.5) is 5.95 Å². The number of nitrogens with one attached hydrogen (secondary N) is 2. The number of carboxylic acids is 1. The van der Waals surface area contributed by atoms with Gasteiger partial charge in [-0.2, -0.15) is 4.98 Å². The van der Waals surface area contributed by atoms with Gasteiger partial charge in [0, 0.05) is 5.92 Å². The first-order chi connectivity index (χ1) is 8.60. The Labute approximate surface area is 103 Å². The lowest BCUT2D eigenvalue weighted by atomic mass is 10.0. The number of carbonyl (C=O) groups excluding carboxylic acids is 1. The number of aliphatic carboxylic acids is 1. The van der Waals surface area contributed by atoms with E-state index in [1.54, 1.807) is 0 Å². The molecule has 0 bridgehead atoms. The van der Waals surface area contributed by atoms with Crippen LogP contribution < -0.4 is 10.1 Å². The zero-order chi connectivity index (χ0) is 13.1. The molecule has 2 atom stereocenters. The normalized spacial score (nSPS) is 22.7. The van der Waals surface area contributed by atoms with E-state index < -0.39 is 11.9 Å². The minimum Gasteiger partial charge on any atom is -0.481 e. The molecule has 8 nitrogen and oxygen atoms in total. The fourth-order valence-electron chi connectivity index (χ4n) is 2.06. The predicted octanol–water partition coefficient (Wildman–Crippen LogP) is 0.253. The molecule has 0 saturated heterocycles. The number of carboxylic acid groups (broad SMARTS) is 1. The third-order valence-electron chi connectivity index (χ3n) is 3.04. The number of carbonyl (C=O) groups is 2. The van der Waals surface area contributed by atoms with Crippen molar-refractivity contribution in [3.63, 3.8) is 0 Å². The van der Waals surface area contributed by atoms with E-state index >= 15 is 0 Å². The Hall–Kier alpha value is -2.12. The van der Waals surface area contributed by atoms with Crippen LogP contribution >= 0.6 is 0 Å². The third-order valence-corrected chi connectivity index (χ3v) is 3.04. The molecule has 1 aliphatic carbocycles. The summed E-state index contributed by atoms with van der Waals surface area (Å²) in [6, 6.07) is 0.139. The Balaban J connectivity index is 1.91. The number of H-pyrrole nitrogens is 1. The first-order valence-corrected chi connectivity index (χ1v) is 5.60. The van der Waals surface area contributed by atoms with E-state index in [0.29, 0.717) is 19.3 Å². The molecule has 1 saturated carbocycles. The molecule has 0 aliphatic heterocycles. The van der Waals surface area contributed by atoms with Crippen LogP contribution in [-0.4, -0.2) is 39.3 Å². The first-order valence-electron chi connectivity index (χ1n) is 5.60. The summed E-state index contributed by atoms with van der Waals surface area (Å²) in [6.07, 6.45) is 1.48. The number of amides is 1. The van der Waals surface area contributed by atoms with Crippen molar-refractivity contribution in [2.75, 3.05) is 12.4 Å². The fraction of sp³-hybridized carbons (Fsp3) is 0.600. The number of aromatic nitrogens is 3. The molecule has 18 heavy (non-hydrogen) atoms. The van der Waals surface area contributed by atoms with Gasteiger partial charge in [0.05, 0.1) is 13.0 Å². The highest BCUT2D eigenvalue weighted by molar-refractivity contribution is 5.91. The van der Waals surface area contributed by atoms with E-state index in [2.05, 4.69) is 20.5 Å². The molecule has 2 rings (SSSR count). The van der Waals surface area contributed by atoms with Crippen LogP contribution in [0, 0.1) is 11.8 Å². The summed E-state index contributed by atoms with van der Waals surface area (Å²) < 4.78 is 4.77. The molecular formula is C10H14N4O4. The minimum absolute atomic E-state index is 0.139. The lowest BCUT2D eigenvalue weighted by molar-refractivity contribution is -0.141. The van der Waals surface area contributed by atoms with Gasteiger partial charge in [0.1, 0.15) is 0 Å². The van der Waals surface area contributed by atoms with Crippen LogP contribution in [0.25, 0.3) is 0 Å². The molecule has 1 aromatic rings. The number of methoxy groups -OCH3 is 1. The Bertz CT molecular complexity index is 458. The number of anilines is 1. The molecule has 8 heteroatoms. The van der Waals surface area contributed by atoms with Crippen LogP contribution in [0.3, 0.4) is 0 Å². The van der Waals surface area contributed by atoms with Gasteiger partial charge in [0.2, 0.25) is 11.9 Å². The van der Waals surface area contributed by atoms with Gasteiger partial charge in [0.25, 0.3) is 0 Å². The molecule has 0 radical (unpaired) electrons. The van der Waals surface area contributed by atoms with Gasteiger partial charge in [-0.25, -0.2) is 5.10 Å². The zero-order valence-corrected chi connectivity index (χ0v) is 9.84. The van der Waals surface area contributed by atoms with Crippen molar-refractivity contribution < 1.29 is 19.4 Å². The van der Waals surface area contributed by atoms with Crippen molar-refractivity contribution in [3.8, 4) is 6.01 Å². The maximum atomic E-state index is 11.8. The summed E-state index contributed by atoms with van der Waals surface area (Å²) >= 11 is 0. The van der Waals surface area contributed by atoms with Crippen molar-refractivity contribution >= 4 is 17.8 Å². The average Bonchev–Trinajstić information content (AvgIpc) is 2.97. The summed E-state index contributed by atoms with van der Waals surface area (Å²) in [7, 11) is 1.42. The quantitative estimate of drug-likeness (QED) is 0.709. The molecule has 0 aromatic carbocycles. The van der Waals surface area contributed by atoms with Crippen LogP contribution in [0.5, 0.6) is 6.01 Å². The van der Waals surface area contributed by atoms with E-state index in [-0.39, 0.29) is 23.8 Å². The monoisotopic (exact) mass is 254 g/mol. The molecule has 1 fully saturated rings. The highest BCUT2D eigenvalue weighted by atomic mass is 16.5. The Morgan fingerprint density at radius 3 is 2.72 bits per heavy atom. The number of hydrogen-bond acceptors (Lipinski definition) is 5. The van der Waals surface area contributed by atoms with Gasteiger partial charge < -0.3 is 9.84 Å². The summed E-state index contributed by atoms with van der Waals surface area (Å²) in [6.45, 7) is 0. The molecular weight excluding hydrogens is 240 g/mol. The zero-order valence-electron chi connectivity index (χ0n) is 9.84. The molecule has 1 heterocycles. The maximum Gasteiger partial charge on any atom is 0.336 e. The van der Waals surface area contributed by atoms with E-state index in [1.165, 1.54) is 7.11 Å².